The van der Waals surface area contributed by atoms with Crippen molar-refractivity contribution in [1.82, 2.24) is 19.4 Å². The summed E-state index contributed by atoms with van der Waals surface area (Å²) in [6.45, 7) is 1.04. The first-order valence-electron chi connectivity index (χ1n) is 11.7. The van der Waals surface area contributed by atoms with E-state index in [1.54, 1.807) is 4.90 Å². The maximum atomic E-state index is 13.7. The van der Waals surface area contributed by atoms with Gasteiger partial charge >= 0.3 is 25.8 Å². The Labute approximate surface area is 226 Å². The van der Waals surface area contributed by atoms with Crippen molar-refractivity contribution < 1.29 is 54.6 Å². The molecular weight excluding hydrogens is 592 g/mol. The molecule has 2 heterocycles. The van der Waals surface area contributed by atoms with Gasteiger partial charge in [-0.2, -0.15) is 31.3 Å². The van der Waals surface area contributed by atoms with Crippen LogP contribution in [0, 0.1) is 5.82 Å². The quantitative estimate of drug-likeness (QED) is 0.265. The Balaban J connectivity index is 1.68. The fraction of sp³-hybridized carbons (Fsp3) is 0.391. The Morgan fingerprint density at radius 2 is 1.68 bits per heavy atom. The third-order valence-electron chi connectivity index (χ3n) is 6.20. The molecule has 1 fully saturated rings. The predicted octanol–water partition coefficient (Wildman–Crippen LogP) is 4.37. The molecule has 1 saturated heterocycles. The van der Waals surface area contributed by atoms with Gasteiger partial charge in [0.2, 0.25) is 0 Å². The van der Waals surface area contributed by atoms with Crippen LogP contribution in [0.5, 0.6) is 0 Å². The van der Waals surface area contributed by atoms with Gasteiger partial charge in [0, 0.05) is 6.54 Å². The number of benzene rings is 2. The van der Waals surface area contributed by atoms with Crippen LogP contribution in [-0.2, 0) is 32.9 Å². The number of ether oxygens (including phenoxy) is 2. The van der Waals surface area contributed by atoms with E-state index in [-0.39, 0.29) is 36.0 Å². The molecule has 0 spiro atoms. The van der Waals surface area contributed by atoms with Crippen LogP contribution in [-0.4, -0.2) is 48.7 Å². The van der Waals surface area contributed by atoms with Crippen molar-refractivity contribution in [2.75, 3.05) is 13.2 Å². The highest BCUT2D eigenvalue weighted by molar-refractivity contribution is 7.49. The van der Waals surface area contributed by atoms with Crippen LogP contribution < -0.4 is 5.69 Å². The molecule has 3 atom stereocenters. The van der Waals surface area contributed by atoms with Crippen molar-refractivity contribution in [3.63, 3.8) is 0 Å². The molecule has 18 heteroatoms. The average molecular weight is 614 g/mol. The molecule has 0 amide bonds. The molecular formula is C23H22F7N4O6P. The largest absolute Gasteiger partial charge is 0.452 e. The van der Waals surface area contributed by atoms with Gasteiger partial charge in [-0.3, -0.25) is 10.00 Å². The predicted molar refractivity (Wildman–Crippen MR) is 126 cm³/mol. The van der Waals surface area contributed by atoms with Crippen LogP contribution in [0.25, 0.3) is 0 Å². The number of alkyl halides is 6. The zero-order chi connectivity index (χ0) is 30.3. The molecule has 4 rings (SSSR count). The summed E-state index contributed by atoms with van der Waals surface area (Å²) in [5.74, 6) is -0.775. The fourth-order valence-corrected chi connectivity index (χ4v) is 4.81. The highest BCUT2D eigenvalue weighted by Crippen LogP contribution is 2.40. The van der Waals surface area contributed by atoms with E-state index >= 15 is 0 Å². The molecule has 41 heavy (non-hydrogen) atoms. The minimum absolute atomic E-state index is 0.00603. The molecule has 1 aromatic heterocycles. The van der Waals surface area contributed by atoms with Gasteiger partial charge in [-0.1, -0.05) is 12.1 Å². The van der Waals surface area contributed by atoms with Crippen molar-refractivity contribution in [1.29, 1.82) is 0 Å². The summed E-state index contributed by atoms with van der Waals surface area (Å²) in [6.07, 6.45) is -12.8. The fourth-order valence-electron chi connectivity index (χ4n) is 4.30. The summed E-state index contributed by atoms with van der Waals surface area (Å²) in [5.41, 5.74) is -4.38. The van der Waals surface area contributed by atoms with E-state index in [1.165, 1.54) is 19.1 Å². The first-order valence-corrected chi connectivity index (χ1v) is 13.3. The topological polar surface area (TPSA) is 130 Å². The van der Waals surface area contributed by atoms with Crippen LogP contribution >= 0.6 is 7.75 Å². The Hall–Kier alpha value is -3.08. The summed E-state index contributed by atoms with van der Waals surface area (Å²) in [5, 5.41) is 2.21. The maximum Gasteiger partial charge on any atom is 0.452 e. The normalized spacial score (nSPS) is 19.9. The molecule has 224 valence electrons. The number of morpholine rings is 1. The van der Waals surface area contributed by atoms with E-state index < -0.39 is 66.7 Å². The molecule has 3 aromatic rings. The first-order chi connectivity index (χ1) is 18.9. The summed E-state index contributed by atoms with van der Waals surface area (Å²) >= 11 is 0. The molecule has 2 aromatic carbocycles. The van der Waals surface area contributed by atoms with Crippen LogP contribution in [0.4, 0.5) is 30.7 Å². The lowest BCUT2D eigenvalue weighted by molar-refractivity contribution is -0.231. The number of hydrogen-bond donors (Lipinski definition) is 3. The second-order valence-electron chi connectivity index (χ2n) is 9.10. The highest BCUT2D eigenvalue weighted by atomic mass is 31.2. The maximum absolute atomic E-state index is 13.7. The summed E-state index contributed by atoms with van der Waals surface area (Å²) in [4.78, 5) is 35.7. The molecule has 10 nitrogen and oxygen atoms in total. The van der Waals surface area contributed by atoms with E-state index in [2.05, 4.69) is 10.1 Å². The monoisotopic (exact) mass is 614 g/mol. The number of nitrogens with one attached hydrogen (secondary N) is 1. The van der Waals surface area contributed by atoms with Gasteiger partial charge < -0.3 is 19.3 Å². The lowest BCUT2D eigenvalue weighted by Gasteiger charge is -2.41. The molecule has 1 unspecified atom stereocenters. The Morgan fingerprint density at radius 1 is 1.10 bits per heavy atom. The smallest absolute Gasteiger partial charge is 0.349 e. The molecule has 0 aliphatic carbocycles. The van der Waals surface area contributed by atoms with Crippen LogP contribution in [0.3, 0.4) is 0 Å². The number of aromatic nitrogens is 3. The molecule has 3 N–H and O–H groups in total. The van der Waals surface area contributed by atoms with E-state index in [9.17, 15) is 49.9 Å². The van der Waals surface area contributed by atoms with Gasteiger partial charge in [-0.25, -0.2) is 13.8 Å². The van der Waals surface area contributed by atoms with E-state index in [1.807, 2.05) is 0 Å². The van der Waals surface area contributed by atoms with Gasteiger partial charge in [-0.05, 0) is 48.4 Å². The van der Waals surface area contributed by atoms with Gasteiger partial charge in [0.1, 0.15) is 11.6 Å². The third-order valence-corrected chi connectivity index (χ3v) is 6.99. The number of aromatic amines is 1. The zero-order valence-electron chi connectivity index (χ0n) is 20.9. The molecule has 1 aliphatic rings. The SMILES string of the molecule is CC(O[C@H]1OCCN(Cc2nc(=O)n(P(=O)(O)O)[nH]2)[C@H]1c1ccc(F)cc1)c1cc(C(F)(F)F)cc(C(F)(F)F)c1. The molecule has 1 aliphatic heterocycles. The Morgan fingerprint density at radius 3 is 2.20 bits per heavy atom. The standard InChI is InChI=1S/C23H22F7N4O6P/c1-12(14-8-15(22(25,26)27)10-16(9-14)23(28,29)30)40-20-19(13-2-4-17(24)5-3-13)33(6-7-39-20)11-18-31-21(35)34(32-18)41(36,37)38/h2-5,8-10,12,19-20H,6-7,11H2,1H3,(H,31,32,35)(H2,36,37,38)/t12?,19-,20+/m0/s1. The summed E-state index contributed by atoms with van der Waals surface area (Å²) in [6, 6.07) is 5.01. The molecule has 0 saturated carbocycles. The van der Waals surface area contributed by atoms with Gasteiger partial charge in [0.15, 0.2) is 6.29 Å². The van der Waals surface area contributed by atoms with Gasteiger partial charge in [0.25, 0.3) is 0 Å². The number of nitrogens with zero attached hydrogens (tertiary/aromatic N) is 3. The number of halogens is 7. The minimum Gasteiger partial charge on any atom is -0.349 e. The second kappa shape index (κ2) is 11.3. The van der Waals surface area contributed by atoms with Crippen molar-refractivity contribution in [3.8, 4) is 0 Å². The van der Waals surface area contributed by atoms with Gasteiger partial charge in [-0.15, -0.1) is 4.45 Å². The highest BCUT2D eigenvalue weighted by Gasteiger charge is 2.39. The van der Waals surface area contributed by atoms with Gasteiger partial charge in [0.05, 0.1) is 36.4 Å². The Bertz CT molecular complexity index is 1450. The number of rotatable bonds is 7. The van der Waals surface area contributed by atoms with Crippen molar-refractivity contribution in [3.05, 3.63) is 86.8 Å². The summed E-state index contributed by atoms with van der Waals surface area (Å²) in [7, 11) is -5.05. The third kappa shape index (κ3) is 7.23. The van der Waals surface area contributed by atoms with Crippen LogP contribution in [0.1, 0.15) is 47.1 Å². The minimum atomic E-state index is -5.07. The number of H-pyrrole nitrogens is 1. The van der Waals surface area contributed by atoms with E-state index in [4.69, 9.17) is 9.47 Å². The first kappa shape index (κ1) is 30.9. The van der Waals surface area contributed by atoms with Crippen molar-refractivity contribution in [2.24, 2.45) is 0 Å². The zero-order valence-corrected chi connectivity index (χ0v) is 21.8. The molecule has 0 bridgehead atoms. The lowest BCUT2D eigenvalue weighted by Crippen LogP contribution is -2.46. The average Bonchev–Trinajstić information content (AvgIpc) is 3.24. The lowest BCUT2D eigenvalue weighted by atomic mass is 10.0. The Kier molecular flexibility index (Phi) is 8.51. The van der Waals surface area contributed by atoms with Crippen molar-refractivity contribution in [2.45, 2.75) is 44.3 Å². The van der Waals surface area contributed by atoms with Crippen LogP contribution in [0.15, 0.2) is 47.3 Å². The summed E-state index contributed by atoms with van der Waals surface area (Å²) < 4.78 is 117. The van der Waals surface area contributed by atoms with E-state index in [0.717, 1.165) is 12.1 Å². The molecule has 0 radical (unpaired) electrons. The number of hydrogen-bond acceptors (Lipinski definition) is 6. The van der Waals surface area contributed by atoms with Crippen molar-refractivity contribution >= 4 is 7.75 Å². The second-order valence-corrected chi connectivity index (χ2v) is 10.5. The van der Waals surface area contributed by atoms with E-state index in [0.29, 0.717) is 17.7 Å². The van der Waals surface area contributed by atoms with Crippen LogP contribution in [0.2, 0.25) is 0 Å².